The summed E-state index contributed by atoms with van der Waals surface area (Å²) in [5.74, 6) is -5.61. The Labute approximate surface area is 305 Å². The van der Waals surface area contributed by atoms with E-state index >= 15 is 0 Å². The smallest absolute Gasteiger partial charge is 0.434 e. The van der Waals surface area contributed by atoms with Crippen molar-refractivity contribution in [2.24, 2.45) is 17.8 Å². The number of anilines is 1. The van der Waals surface area contributed by atoms with Gasteiger partial charge in [0.25, 0.3) is 5.91 Å². The van der Waals surface area contributed by atoms with Gasteiger partial charge in [0.1, 0.15) is 17.4 Å². The minimum atomic E-state index is -5.11. The molecule has 4 atom stereocenters. The lowest BCUT2D eigenvalue weighted by Crippen LogP contribution is -2.57. The first kappa shape index (κ1) is 36.0. The second-order valence-electron chi connectivity index (χ2n) is 15.3. The molecule has 1 aliphatic heterocycles. The van der Waals surface area contributed by atoms with E-state index in [-0.39, 0.29) is 61.4 Å². The van der Waals surface area contributed by atoms with E-state index in [0.717, 1.165) is 25.0 Å². The zero-order valence-corrected chi connectivity index (χ0v) is 29.1. The van der Waals surface area contributed by atoms with Gasteiger partial charge in [-0.15, -0.1) is 0 Å². The molecule has 1 aromatic carbocycles. The van der Waals surface area contributed by atoms with Crippen LogP contribution >= 0.6 is 0 Å². The van der Waals surface area contributed by atoms with Crippen LogP contribution in [0, 0.1) is 23.6 Å². The van der Waals surface area contributed by atoms with Gasteiger partial charge in [0.2, 0.25) is 11.9 Å². The number of amides is 1. The number of carboxylic acids is 1. The highest BCUT2D eigenvalue weighted by atomic mass is 19.4. The van der Waals surface area contributed by atoms with Gasteiger partial charge < -0.3 is 24.6 Å². The second kappa shape index (κ2) is 13.1. The predicted molar refractivity (Wildman–Crippen MR) is 181 cm³/mol. The number of fused-ring (bicyclic) bond motifs is 3. The number of carbonyl (C=O) groups is 2. The minimum absolute atomic E-state index is 0.0360. The molecule has 11 nitrogen and oxygen atoms in total. The summed E-state index contributed by atoms with van der Waals surface area (Å²) < 4.78 is 93.6. The molecule has 54 heavy (non-hydrogen) atoms. The first-order valence-corrected chi connectivity index (χ1v) is 18.0. The van der Waals surface area contributed by atoms with Crippen LogP contribution < -0.4 is 15.0 Å². The molecule has 3 aliphatic carbocycles. The number of alkyl halides is 5. The Morgan fingerprint density at radius 1 is 1.02 bits per heavy atom. The van der Waals surface area contributed by atoms with Crippen molar-refractivity contribution in [2.75, 3.05) is 18.0 Å². The van der Waals surface area contributed by atoms with Crippen LogP contribution in [0.1, 0.15) is 80.4 Å². The lowest BCUT2D eigenvalue weighted by molar-refractivity contribution is -0.146. The first-order valence-electron chi connectivity index (χ1n) is 18.0. The number of rotatable bonds is 8. The van der Waals surface area contributed by atoms with Gasteiger partial charge in [-0.25, -0.2) is 37.9 Å². The predicted octanol–water partition coefficient (Wildman–Crippen LogP) is 7.07. The van der Waals surface area contributed by atoms with Gasteiger partial charge in [-0.1, -0.05) is 6.92 Å². The Morgan fingerprint density at radius 2 is 1.74 bits per heavy atom. The van der Waals surface area contributed by atoms with Crippen molar-refractivity contribution in [3.8, 4) is 17.1 Å². The van der Waals surface area contributed by atoms with Gasteiger partial charge in [-0.05, 0) is 68.4 Å². The summed E-state index contributed by atoms with van der Waals surface area (Å²) in [4.78, 5) is 44.0. The highest BCUT2D eigenvalue weighted by Crippen LogP contribution is 2.51. The maximum Gasteiger partial charge on any atom is 0.434 e. The van der Waals surface area contributed by atoms with Crippen LogP contribution in [-0.4, -0.2) is 72.1 Å². The molecule has 1 saturated heterocycles. The number of ether oxygens (including phenoxy) is 1. The molecule has 4 heterocycles. The Morgan fingerprint density at radius 3 is 2.43 bits per heavy atom. The first-order chi connectivity index (χ1) is 25.6. The van der Waals surface area contributed by atoms with E-state index in [9.17, 15) is 41.0 Å². The molecule has 4 unspecified atom stereocenters. The number of aliphatic carboxylic acids is 1. The zero-order valence-electron chi connectivity index (χ0n) is 29.1. The summed E-state index contributed by atoms with van der Waals surface area (Å²) >= 11 is 0. The van der Waals surface area contributed by atoms with Crippen molar-refractivity contribution < 1.29 is 45.8 Å². The highest BCUT2D eigenvalue weighted by molar-refractivity contribution is 6.00. The largest absolute Gasteiger partial charge is 0.487 e. The molecule has 0 spiro atoms. The fraction of sp³-hybridized carbons (Fsp3) is 0.514. The van der Waals surface area contributed by atoms with E-state index in [2.05, 4.69) is 25.3 Å². The molecule has 8 rings (SSSR count). The van der Waals surface area contributed by atoms with Crippen molar-refractivity contribution >= 4 is 28.7 Å². The number of nitrogens with zero attached hydrogens (tertiary/aromatic N) is 6. The number of halogens is 6. The van der Waals surface area contributed by atoms with Crippen molar-refractivity contribution in [3.63, 3.8) is 0 Å². The van der Waals surface area contributed by atoms with Gasteiger partial charge in [0, 0.05) is 48.3 Å². The molecule has 17 heteroatoms. The Balaban J connectivity index is 1.11. The molecule has 3 saturated carbocycles. The fourth-order valence-corrected chi connectivity index (χ4v) is 8.99. The van der Waals surface area contributed by atoms with E-state index in [0.29, 0.717) is 48.5 Å². The SMILES string of the molecule is CC1CC2CC(C1)C(NC(=O)c1cnc(-c3cn(C4CCC(F)(F)CC4)c4cc(OC5CN(c6ncc(F)cn6)C5)ccc34)nc1C(F)(F)F)(C(=O)O)C2. The molecule has 3 aromatic heterocycles. The number of carboxylic acid groups (broad SMARTS) is 1. The lowest BCUT2D eigenvalue weighted by Gasteiger charge is -2.38. The number of benzene rings is 1. The van der Waals surface area contributed by atoms with Crippen molar-refractivity contribution in [1.82, 2.24) is 29.8 Å². The highest BCUT2D eigenvalue weighted by Gasteiger charge is 2.56. The van der Waals surface area contributed by atoms with Crippen LogP contribution in [0.15, 0.2) is 43.0 Å². The van der Waals surface area contributed by atoms with Gasteiger partial charge in [-0.3, -0.25) is 4.79 Å². The normalized spacial score (nSPS) is 25.8. The van der Waals surface area contributed by atoms with Gasteiger partial charge in [0.05, 0.1) is 36.6 Å². The van der Waals surface area contributed by atoms with Crippen LogP contribution in [0.2, 0.25) is 0 Å². The number of aromatic nitrogens is 5. The van der Waals surface area contributed by atoms with Crippen LogP contribution in [0.4, 0.5) is 32.3 Å². The molecule has 4 aromatic rings. The number of nitrogens with one attached hydrogen (secondary N) is 1. The van der Waals surface area contributed by atoms with Crippen molar-refractivity contribution in [1.29, 1.82) is 0 Å². The summed E-state index contributed by atoms with van der Waals surface area (Å²) in [6.07, 6.45) is 0.602. The summed E-state index contributed by atoms with van der Waals surface area (Å²) in [5.41, 5.74) is -3.41. The van der Waals surface area contributed by atoms with Crippen LogP contribution in [0.25, 0.3) is 22.3 Å². The standard InChI is InChI=1S/C37H37F6N7O4/c1-19-8-20-10-21(9-19)36(12-20,33(52)53)48-32(51)27-15-44-31(47-30(27)37(41,42)43)28-18-50(23-4-6-35(39,40)7-5-23)29-11-24(2-3-26(28)29)54-25-16-49(17-25)34-45-13-22(38)14-46-34/h2-3,11,13-15,18-21,23,25H,4-10,12,16-17H2,1H3,(H,48,51)(H,52,53). The lowest BCUT2D eigenvalue weighted by atomic mass is 9.78. The molecule has 4 fully saturated rings. The molecule has 286 valence electrons. The Bertz CT molecular complexity index is 2090. The summed E-state index contributed by atoms with van der Waals surface area (Å²) in [6, 6.07) is 4.57. The minimum Gasteiger partial charge on any atom is -0.487 e. The Hall–Kier alpha value is -4.96. The van der Waals surface area contributed by atoms with E-state index in [1.807, 2.05) is 6.92 Å². The summed E-state index contributed by atoms with van der Waals surface area (Å²) in [7, 11) is 0. The van der Waals surface area contributed by atoms with E-state index in [1.165, 1.54) is 0 Å². The third-order valence-corrected chi connectivity index (χ3v) is 11.5. The third kappa shape index (κ3) is 6.59. The quantitative estimate of drug-likeness (QED) is 0.181. The molecule has 2 N–H and O–H groups in total. The van der Waals surface area contributed by atoms with Gasteiger partial charge in [-0.2, -0.15) is 13.2 Å². The summed E-state index contributed by atoms with van der Waals surface area (Å²) in [5, 5.41) is 13.2. The molecular formula is C37H37F6N7O4. The third-order valence-electron chi connectivity index (χ3n) is 11.5. The van der Waals surface area contributed by atoms with E-state index in [1.54, 1.807) is 33.9 Å². The van der Waals surface area contributed by atoms with Crippen LogP contribution in [0.5, 0.6) is 5.75 Å². The maximum atomic E-state index is 14.7. The van der Waals surface area contributed by atoms with Gasteiger partial charge in [0.15, 0.2) is 17.3 Å². The number of hydrogen-bond donors (Lipinski definition) is 2. The van der Waals surface area contributed by atoms with Gasteiger partial charge >= 0.3 is 12.1 Å². The molecule has 0 radical (unpaired) electrons. The van der Waals surface area contributed by atoms with Crippen molar-refractivity contribution in [3.05, 3.63) is 60.1 Å². The zero-order chi connectivity index (χ0) is 38.2. The molecule has 4 aliphatic rings. The van der Waals surface area contributed by atoms with Crippen LogP contribution in [0.3, 0.4) is 0 Å². The maximum absolute atomic E-state index is 14.7. The summed E-state index contributed by atoms with van der Waals surface area (Å²) in [6.45, 7) is 2.82. The second-order valence-corrected chi connectivity index (χ2v) is 15.3. The topological polar surface area (TPSA) is 135 Å². The van der Waals surface area contributed by atoms with E-state index < -0.39 is 58.5 Å². The van der Waals surface area contributed by atoms with E-state index in [4.69, 9.17) is 4.74 Å². The number of hydrogen-bond acceptors (Lipinski definition) is 8. The molecular weight excluding hydrogens is 720 g/mol. The fourth-order valence-electron chi connectivity index (χ4n) is 8.99. The number of carbonyl (C=O) groups excluding carboxylic acids is 1. The van der Waals surface area contributed by atoms with Crippen molar-refractivity contribution in [2.45, 2.75) is 88.1 Å². The molecule has 1 amide bonds. The average molecular weight is 758 g/mol. The molecule has 2 bridgehead atoms. The monoisotopic (exact) mass is 757 g/mol. The average Bonchev–Trinajstić information content (AvgIpc) is 3.60. The van der Waals surface area contributed by atoms with Crippen LogP contribution in [-0.2, 0) is 11.0 Å². The Kier molecular flexibility index (Phi) is 8.75.